The Hall–Kier alpha value is -1.23. The average Bonchev–Trinajstić information content (AvgIpc) is 2.46. The predicted octanol–water partition coefficient (Wildman–Crippen LogP) is 2.48. The molecular weight excluding hydrogens is 200 g/mol. The van der Waals surface area contributed by atoms with Crippen LogP contribution in [-0.4, -0.2) is 14.8 Å². The summed E-state index contributed by atoms with van der Waals surface area (Å²) in [4.78, 5) is 3.83. The third kappa shape index (κ3) is 1.35. The summed E-state index contributed by atoms with van der Waals surface area (Å²) in [5.41, 5.74) is 0.646. The van der Waals surface area contributed by atoms with Gasteiger partial charge in [0, 0.05) is 0 Å². The quantitative estimate of drug-likeness (QED) is 0.667. The molecular formula is C7H4ClF2N3. The Balaban J connectivity index is 2.69. The average molecular weight is 204 g/mol. The highest BCUT2D eigenvalue weighted by Gasteiger charge is 2.11. The smallest absolute Gasteiger partial charge is 0.233 e. The van der Waals surface area contributed by atoms with Gasteiger partial charge in [-0.1, -0.05) is 11.6 Å². The zero-order valence-electron chi connectivity index (χ0n) is 6.28. The van der Waals surface area contributed by atoms with Gasteiger partial charge in [-0.15, -0.1) is 0 Å². The maximum atomic E-state index is 12.3. The van der Waals surface area contributed by atoms with Gasteiger partial charge < -0.3 is 0 Å². The highest BCUT2D eigenvalue weighted by atomic mass is 35.5. The van der Waals surface area contributed by atoms with Crippen molar-refractivity contribution in [2.45, 2.75) is 6.55 Å². The molecule has 0 radical (unpaired) electrons. The molecule has 2 aromatic heterocycles. The Kier molecular flexibility index (Phi) is 1.88. The van der Waals surface area contributed by atoms with E-state index in [9.17, 15) is 8.78 Å². The van der Waals surface area contributed by atoms with E-state index in [2.05, 4.69) is 10.1 Å². The first-order chi connectivity index (χ1) is 6.18. The number of halogens is 3. The zero-order chi connectivity index (χ0) is 9.42. The molecule has 0 aliphatic carbocycles. The molecule has 3 nitrogen and oxygen atoms in total. The third-order valence-electron chi connectivity index (χ3n) is 1.60. The Bertz CT molecular complexity index is 440. The molecule has 0 spiro atoms. The standard InChI is InChI=1S/C7H4ClF2N3/c8-6-2-1-5-4(12-6)3-11-13(5)7(9)10/h1-3,7H. The molecule has 2 rings (SSSR count). The molecule has 68 valence electrons. The first-order valence-electron chi connectivity index (χ1n) is 3.46. The van der Waals surface area contributed by atoms with Gasteiger partial charge in [0.05, 0.1) is 11.7 Å². The Morgan fingerprint density at radius 3 is 2.85 bits per heavy atom. The zero-order valence-corrected chi connectivity index (χ0v) is 7.04. The van der Waals surface area contributed by atoms with Crippen LogP contribution < -0.4 is 0 Å². The number of alkyl halides is 2. The van der Waals surface area contributed by atoms with Crippen LogP contribution in [0.15, 0.2) is 18.3 Å². The molecule has 0 saturated carbocycles. The maximum absolute atomic E-state index is 12.3. The molecule has 2 aromatic rings. The van der Waals surface area contributed by atoms with Gasteiger partial charge in [0.1, 0.15) is 10.7 Å². The second-order valence-electron chi connectivity index (χ2n) is 2.41. The maximum Gasteiger partial charge on any atom is 0.333 e. The van der Waals surface area contributed by atoms with Gasteiger partial charge in [0.25, 0.3) is 0 Å². The van der Waals surface area contributed by atoms with Gasteiger partial charge in [-0.2, -0.15) is 13.9 Å². The van der Waals surface area contributed by atoms with E-state index in [-0.39, 0.29) is 10.7 Å². The number of rotatable bonds is 1. The van der Waals surface area contributed by atoms with Gasteiger partial charge in [-0.3, -0.25) is 0 Å². The lowest BCUT2D eigenvalue weighted by atomic mass is 10.4. The Morgan fingerprint density at radius 2 is 2.15 bits per heavy atom. The fraction of sp³-hybridized carbons (Fsp3) is 0.143. The Morgan fingerprint density at radius 1 is 1.38 bits per heavy atom. The third-order valence-corrected chi connectivity index (χ3v) is 1.82. The fourth-order valence-corrected chi connectivity index (χ4v) is 1.22. The van der Waals surface area contributed by atoms with Crippen LogP contribution in [-0.2, 0) is 0 Å². The monoisotopic (exact) mass is 203 g/mol. The van der Waals surface area contributed by atoms with E-state index in [0.29, 0.717) is 10.2 Å². The highest BCUT2D eigenvalue weighted by Crippen LogP contribution is 2.19. The Labute approximate surface area is 76.9 Å². The number of hydrogen-bond acceptors (Lipinski definition) is 2. The van der Waals surface area contributed by atoms with Crippen LogP contribution in [0.4, 0.5) is 8.78 Å². The lowest BCUT2D eigenvalue weighted by Gasteiger charge is -1.99. The fourth-order valence-electron chi connectivity index (χ4n) is 1.07. The van der Waals surface area contributed by atoms with Gasteiger partial charge in [-0.05, 0) is 12.1 Å². The first kappa shape index (κ1) is 8.37. The van der Waals surface area contributed by atoms with Crippen LogP contribution in [0.1, 0.15) is 6.55 Å². The summed E-state index contributed by atoms with van der Waals surface area (Å²) in [6.45, 7) is -2.65. The molecule has 0 amide bonds. The molecule has 0 aromatic carbocycles. The van der Waals surface area contributed by atoms with Gasteiger partial charge in [0.15, 0.2) is 0 Å². The SMILES string of the molecule is FC(F)n1ncc2nc(Cl)ccc21. The number of nitrogens with zero attached hydrogens (tertiary/aromatic N) is 3. The van der Waals surface area contributed by atoms with Crippen molar-refractivity contribution in [2.24, 2.45) is 0 Å². The number of pyridine rings is 1. The van der Waals surface area contributed by atoms with Crippen LogP contribution >= 0.6 is 11.6 Å². The predicted molar refractivity (Wildman–Crippen MR) is 43.8 cm³/mol. The lowest BCUT2D eigenvalue weighted by Crippen LogP contribution is -1.99. The van der Waals surface area contributed by atoms with E-state index < -0.39 is 6.55 Å². The molecule has 0 fully saturated rings. The molecule has 0 N–H and O–H groups in total. The summed E-state index contributed by atoms with van der Waals surface area (Å²) in [6.07, 6.45) is 1.26. The van der Waals surface area contributed by atoms with Crippen LogP contribution in [0, 0.1) is 0 Å². The van der Waals surface area contributed by atoms with E-state index in [1.165, 1.54) is 18.3 Å². The van der Waals surface area contributed by atoms with Crippen molar-refractivity contribution < 1.29 is 8.78 Å². The second kappa shape index (κ2) is 2.92. The normalized spacial score (nSPS) is 11.4. The molecule has 6 heteroatoms. The van der Waals surface area contributed by atoms with Gasteiger partial charge >= 0.3 is 6.55 Å². The summed E-state index contributed by atoms with van der Waals surface area (Å²) >= 11 is 5.57. The van der Waals surface area contributed by atoms with E-state index in [1.54, 1.807) is 0 Å². The summed E-state index contributed by atoms with van der Waals surface area (Å²) in [6, 6.07) is 2.91. The van der Waals surface area contributed by atoms with Crippen LogP contribution in [0.5, 0.6) is 0 Å². The number of hydrogen-bond donors (Lipinski definition) is 0. The first-order valence-corrected chi connectivity index (χ1v) is 3.84. The van der Waals surface area contributed by atoms with Gasteiger partial charge in [0.2, 0.25) is 0 Å². The van der Waals surface area contributed by atoms with E-state index in [4.69, 9.17) is 11.6 Å². The minimum absolute atomic E-state index is 0.265. The van der Waals surface area contributed by atoms with E-state index >= 15 is 0 Å². The molecule has 0 bridgehead atoms. The van der Waals surface area contributed by atoms with Crippen molar-refractivity contribution in [3.05, 3.63) is 23.5 Å². The second-order valence-corrected chi connectivity index (χ2v) is 2.79. The van der Waals surface area contributed by atoms with Crippen molar-refractivity contribution in [1.82, 2.24) is 14.8 Å². The van der Waals surface area contributed by atoms with Crippen molar-refractivity contribution in [2.75, 3.05) is 0 Å². The number of aromatic nitrogens is 3. The van der Waals surface area contributed by atoms with Crippen molar-refractivity contribution in [3.8, 4) is 0 Å². The molecule has 0 atom stereocenters. The summed E-state index contributed by atoms with van der Waals surface area (Å²) in [5, 5.41) is 3.75. The minimum atomic E-state index is -2.65. The molecule has 0 aliphatic heterocycles. The number of fused-ring (bicyclic) bond motifs is 1. The summed E-state index contributed by atoms with van der Waals surface area (Å²) in [5.74, 6) is 0. The molecule has 13 heavy (non-hydrogen) atoms. The molecule has 0 saturated heterocycles. The molecule has 0 unspecified atom stereocenters. The van der Waals surface area contributed by atoms with Crippen LogP contribution in [0.25, 0.3) is 11.0 Å². The van der Waals surface area contributed by atoms with Crippen LogP contribution in [0.2, 0.25) is 5.15 Å². The van der Waals surface area contributed by atoms with Crippen molar-refractivity contribution in [1.29, 1.82) is 0 Å². The topological polar surface area (TPSA) is 30.7 Å². The highest BCUT2D eigenvalue weighted by molar-refractivity contribution is 6.29. The van der Waals surface area contributed by atoms with Gasteiger partial charge in [-0.25, -0.2) is 9.67 Å². The largest absolute Gasteiger partial charge is 0.333 e. The van der Waals surface area contributed by atoms with E-state index in [1.807, 2.05) is 0 Å². The van der Waals surface area contributed by atoms with E-state index in [0.717, 1.165) is 0 Å². The summed E-state index contributed by atoms with van der Waals surface area (Å²) < 4.78 is 25.1. The van der Waals surface area contributed by atoms with Crippen molar-refractivity contribution >= 4 is 22.6 Å². The minimum Gasteiger partial charge on any atom is -0.233 e. The lowest BCUT2D eigenvalue weighted by molar-refractivity contribution is 0.0615. The van der Waals surface area contributed by atoms with Crippen molar-refractivity contribution in [3.63, 3.8) is 0 Å². The molecule has 0 aliphatic rings. The molecule has 2 heterocycles. The van der Waals surface area contributed by atoms with Crippen LogP contribution in [0.3, 0.4) is 0 Å². The summed E-state index contributed by atoms with van der Waals surface area (Å²) in [7, 11) is 0.